The van der Waals surface area contributed by atoms with Gasteiger partial charge in [-0.15, -0.1) is 0 Å². The zero-order valence-electron chi connectivity index (χ0n) is 14.1. The first-order valence-electron chi connectivity index (χ1n) is 8.94. The van der Waals surface area contributed by atoms with Crippen LogP contribution < -0.4 is 5.32 Å². The Labute approximate surface area is 146 Å². The SMILES string of the molecule is Fc1cccc(F)c1CN1CCCC(Nc2ccnc(C3CC3)n2)C1. The van der Waals surface area contributed by atoms with Gasteiger partial charge in [0, 0.05) is 36.8 Å². The molecule has 1 aliphatic heterocycles. The predicted molar refractivity (Wildman–Crippen MR) is 92.3 cm³/mol. The maximum Gasteiger partial charge on any atom is 0.133 e. The maximum absolute atomic E-state index is 13.9. The zero-order valence-corrected chi connectivity index (χ0v) is 14.1. The summed E-state index contributed by atoms with van der Waals surface area (Å²) in [6, 6.07) is 6.16. The fraction of sp³-hybridized carbons (Fsp3) is 0.474. The van der Waals surface area contributed by atoms with E-state index in [1.807, 2.05) is 6.07 Å². The molecule has 132 valence electrons. The Hall–Kier alpha value is -2.08. The Morgan fingerprint density at radius 1 is 1.12 bits per heavy atom. The van der Waals surface area contributed by atoms with Gasteiger partial charge in [-0.1, -0.05) is 6.07 Å². The van der Waals surface area contributed by atoms with E-state index in [1.165, 1.54) is 31.0 Å². The first-order valence-corrected chi connectivity index (χ1v) is 8.94. The van der Waals surface area contributed by atoms with Crippen molar-refractivity contribution >= 4 is 5.82 Å². The van der Waals surface area contributed by atoms with Crippen LogP contribution in [-0.2, 0) is 6.54 Å². The third kappa shape index (κ3) is 3.95. The number of hydrogen-bond acceptors (Lipinski definition) is 4. The van der Waals surface area contributed by atoms with Crippen LogP contribution >= 0.6 is 0 Å². The second-order valence-electron chi connectivity index (χ2n) is 6.99. The average molecular weight is 344 g/mol. The Morgan fingerprint density at radius 3 is 2.68 bits per heavy atom. The summed E-state index contributed by atoms with van der Waals surface area (Å²) < 4.78 is 27.8. The lowest BCUT2D eigenvalue weighted by molar-refractivity contribution is 0.203. The number of benzene rings is 1. The van der Waals surface area contributed by atoms with E-state index in [0.29, 0.717) is 12.5 Å². The predicted octanol–water partition coefficient (Wildman–Crippen LogP) is 3.71. The molecule has 1 saturated heterocycles. The van der Waals surface area contributed by atoms with Crippen LogP contribution in [0.2, 0.25) is 0 Å². The minimum absolute atomic E-state index is 0.154. The van der Waals surface area contributed by atoms with Gasteiger partial charge in [0.1, 0.15) is 23.3 Å². The van der Waals surface area contributed by atoms with E-state index in [2.05, 4.69) is 20.2 Å². The maximum atomic E-state index is 13.9. The third-order valence-corrected chi connectivity index (χ3v) is 4.92. The van der Waals surface area contributed by atoms with Crippen molar-refractivity contribution in [2.45, 2.75) is 44.2 Å². The van der Waals surface area contributed by atoms with Gasteiger partial charge in [-0.05, 0) is 50.4 Å². The van der Waals surface area contributed by atoms with Crippen molar-refractivity contribution in [2.24, 2.45) is 0 Å². The number of hydrogen-bond donors (Lipinski definition) is 1. The molecule has 2 aliphatic rings. The molecule has 4 rings (SSSR count). The van der Waals surface area contributed by atoms with Crippen molar-refractivity contribution in [3.05, 3.63) is 53.5 Å². The molecular weight excluding hydrogens is 322 g/mol. The van der Waals surface area contributed by atoms with Gasteiger partial charge in [-0.2, -0.15) is 0 Å². The van der Waals surface area contributed by atoms with E-state index in [4.69, 9.17) is 0 Å². The van der Waals surface area contributed by atoms with Crippen LogP contribution in [0.5, 0.6) is 0 Å². The third-order valence-electron chi connectivity index (χ3n) is 4.92. The molecule has 0 radical (unpaired) electrons. The lowest BCUT2D eigenvalue weighted by atomic mass is 10.0. The first kappa shape index (κ1) is 16.4. The van der Waals surface area contributed by atoms with Crippen LogP contribution in [0.1, 0.15) is 43.0 Å². The molecule has 0 spiro atoms. The van der Waals surface area contributed by atoms with Crippen molar-refractivity contribution in [1.29, 1.82) is 0 Å². The molecule has 2 fully saturated rings. The highest BCUT2D eigenvalue weighted by Gasteiger charge is 2.27. The summed E-state index contributed by atoms with van der Waals surface area (Å²) in [5.74, 6) is 1.35. The van der Waals surface area contributed by atoms with Crippen LogP contribution in [0.15, 0.2) is 30.5 Å². The number of nitrogens with one attached hydrogen (secondary N) is 1. The molecular formula is C19H22F2N4. The largest absolute Gasteiger partial charge is 0.366 e. The van der Waals surface area contributed by atoms with Gasteiger partial charge in [0.2, 0.25) is 0 Å². The molecule has 25 heavy (non-hydrogen) atoms. The van der Waals surface area contributed by atoms with Crippen molar-refractivity contribution in [3.63, 3.8) is 0 Å². The number of likely N-dealkylation sites (tertiary alicyclic amines) is 1. The van der Waals surface area contributed by atoms with Crippen molar-refractivity contribution in [2.75, 3.05) is 18.4 Å². The minimum atomic E-state index is -0.472. The summed E-state index contributed by atoms with van der Waals surface area (Å²) in [5, 5.41) is 3.47. The summed E-state index contributed by atoms with van der Waals surface area (Å²) in [4.78, 5) is 11.0. The van der Waals surface area contributed by atoms with Crippen molar-refractivity contribution < 1.29 is 8.78 Å². The van der Waals surface area contributed by atoms with E-state index in [9.17, 15) is 8.78 Å². The first-order chi connectivity index (χ1) is 12.2. The summed E-state index contributed by atoms with van der Waals surface area (Å²) in [5.41, 5.74) is 0.154. The highest BCUT2D eigenvalue weighted by Crippen LogP contribution is 2.38. The Morgan fingerprint density at radius 2 is 1.92 bits per heavy atom. The molecule has 6 heteroatoms. The quantitative estimate of drug-likeness (QED) is 0.898. The van der Waals surface area contributed by atoms with Gasteiger partial charge in [-0.25, -0.2) is 18.7 Å². The number of aromatic nitrogens is 2. The van der Waals surface area contributed by atoms with Gasteiger partial charge in [0.05, 0.1) is 0 Å². The van der Waals surface area contributed by atoms with Gasteiger partial charge < -0.3 is 5.32 Å². The van der Waals surface area contributed by atoms with Crippen LogP contribution in [0.4, 0.5) is 14.6 Å². The van der Waals surface area contributed by atoms with E-state index in [-0.39, 0.29) is 11.6 Å². The normalized spacial score (nSPS) is 21.3. The second-order valence-corrected chi connectivity index (χ2v) is 6.99. The Kier molecular flexibility index (Phi) is 4.61. The molecule has 1 N–H and O–H groups in total. The summed E-state index contributed by atoms with van der Waals surface area (Å²) in [7, 11) is 0. The van der Waals surface area contributed by atoms with Crippen molar-refractivity contribution in [1.82, 2.24) is 14.9 Å². The van der Waals surface area contributed by atoms with Crippen LogP contribution in [0, 0.1) is 11.6 Å². The van der Waals surface area contributed by atoms with Crippen molar-refractivity contribution in [3.8, 4) is 0 Å². The monoisotopic (exact) mass is 344 g/mol. The molecule has 0 amide bonds. The van der Waals surface area contributed by atoms with Gasteiger partial charge in [-0.3, -0.25) is 4.90 Å². The van der Waals surface area contributed by atoms with E-state index >= 15 is 0 Å². The second kappa shape index (κ2) is 7.04. The topological polar surface area (TPSA) is 41.0 Å². The summed E-state index contributed by atoms with van der Waals surface area (Å²) in [6.45, 7) is 1.90. The molecule has 1 aromatic carbocycles. The molecule has 2 aromatic rings. The van der Waals surface area contributed by atoms with E-state index in [1.54, 1.807) is 6.20 Å². The summed E-state index contributed by atoms with van der Waals surface area (Å²) in [6.07, 6.45) is 6.18. The van der Waals surface area contributed by atoms with Gasteiger partial charge in [0.15, 0.2) is 0 Å². The lowest BCUT2D eigenvalue weighted by Crippen LogP contribution is -2.42. The fourth-order valence-electron chi connectivity index (χ4n) is 3.43. The smallest absolute Gasteiger partial charge is 0.133 e. The number of piperidine rings is 1. The lowest BCUT2D eigenvalue weighted by Gasteiger charge is -2.33. The number of anilines is 1. The van der Waals surface area contributed by atoms with Gasteiger partial charge in [0.25, 0.3) is 0 Å². The number of halogens is 2. The number of rotatable bonds is 5. The molecule has 4 nitrogen and oxygen atoms in total. The van der Waals surface area contributed by atoms with E-state index < -0.39 is 11.6 Å². The highest BCUT2D eigenvalue weighted by molar-refractivity contribution is 5.35. The molecule has 2 heterocycles. The van der Waals surface area contributed by atoms with Crippen LogP contribution in [0.3, 0.4) is 0 Å². The molecule has 1 aromatic heterocycles. The number of nitrogens with zero attached hydrogens (tertiary/aromatic N) is 3. The minimum Gasteiger partial charge on any atom is -0.366 e. The van der Waals surface area contributed by atoms with Crippen LogP contribution in [0.25, 0.3) is 0 Å². The standard InChI is InChI=1S/C19H22F2N4/c20-16-4-1-5-17(21)15(16)12-25-10-2-3-14(11-25)23-18-8-9-22-19(24-18)13-6-7-13/h1,4-5,8-9,13-14H,2-3,6-7,10-12H2,(H,22,23,24). The Bertz CT molecular complexity index is 728. The average Bonchev–Trinajstić information content (AvgIpc) is 3.44. The highest BCUT2D eigenvalue weighted by atomic mass is 19.1. The Balaban J connectivity index is 1.40. The molecule has 1 atom stereocenters. The molecule has 1 saturated carbocycles. The molecule has 1 aliphatic carbocycles. The zero-order chi connectivity index (χ0) is 17.2. The summed E-state index contributed by atoms with van der Waals surface area (Å²) >= 11 is 0. The fourth-order valence-corrected chi connectivity index (χ4v) is 3.43. The van der Waals surface area contributed by atoms with Gasteiger partial charge >= 0.3 is 0 Å². The molecule has 0 bridgehead atoms. The molecule has 1 unspecified atom stereocenters. The van der Waals surface area contributed by atoms with Crippen LogP contribution in [-0.4, -0.2) is 34.0 Å². The van der Waals surface area contributed by atoms with E-state index in [0.717, 1.165) is 37.6 Å².